The Bertz CT molecular complexity index is 307. The summed E-state index contributed by atoms with van der Waals surface area (Å²) < 4.78 is 13.5. The van der Waals surface area contributed by atoms with E-state index in [1.54, 1.807) is 6.07 Å². The minimum Gasteiger partial charge on any atom is -0.307 e. The van der Waals surface area contributed by atoms with Crippen molar-refractivity contribution in [1.29, 1.82) is 0 Å². The Morgan fingerprint density at radius 1 is 1.43 bits per heavy atom. The third kappa shape index (κ3) is 2.13. The first-order valence-electron chi connectivity index (χ1n) is 5.31. The molecule has 1 aliphatic rings. The topological polar surface area (TPSA) is 12.0 Å². The quantitative estimate of drug-likeness (QED) is 0.775. The third-order valence-electron chi connectivity index (χ3n) is 2.70. The molecule has 1 saturated carbocycles. The van der Waals surface area contributed by atoms with Crippen molar-refractivity contribution >= 4 is 0 Å². The zero-order valence-electron chi connectivity index (χ0n) is 8.46. The van der Waals surface area contributed by atoms with Crippen LogP contribution in [-0.4, -0.2) is 6.04 Å². The van der Waals surface area contributed by atoms with Crippen LogP contribution in [0.5, 0.6) is 0 Å². The lowest BCUT2D eigenvalue weighted by Gasteiger charge is -2.17. The molecule has 1 aromatic rings. The maximum Gasteiger partial charge on any atom is 0.127 e. The van der Waals surface area contributed by atoms with Crippen molar-refractivity contribution in [1.82, 2.24) is 5.32 Å². The third-order valence-corrected chi connectivity index (χ3v) is 2.70. The number of nitrogens with one attached hydrogen (secondary N) is 1. The highest BCUT2D eigenvalue weighted by Crippen LogP contribution is 2.26. The summed E-state index contributed by atoms with van der Waals surface area (Å²) in [6.45, 7) is 2.09. The van der Waals surface area contributed by atoms with Gasteiger partial charge in [0.05, 0.1) is 0 Å². The zero-order chi connectivity index (χ0) is 9.97. The molecule has 0 unspecified atom stereocenters. The van der Waals surface area contributed by atoms with E-state index in [-0.39, 0.29) is 11.9 Å². The van der Waals surface area contributed by atoms with E-state index in [1.807, 2.05) is 12.1 Å². The van der Waals surface area contributed by atoms with Crippen molar-refractivity contribution < 1.29 is 4.39 Å². The molecule has 76 valence electrons. The number of hydrogen-bond donors (Lipinski definition) is 1. The van der Waals surface area contributed by atoms with Crippen molar-refractivity contribution in [3.05, 3.63) is 35.6 Å². The molecule has 0 aliphatic heterocycles. The summed E-state index contributed by atoms with van der Waals surface area (Å²) in [5.41, 5.74) is 0.807. The molecule has 1 fully saturated rings. The molecule has 1 atom stereocenters. The van der Waals surface area contributed by atoms with Gasteiger partial charge in [0.15, 0.2) is 0 Å². The van der Waals surface area contributed by atoms with E-state index in [9.17, 15) is 4.39 Å². The van der Waals surface area contributed by atoms with Crippen LogP contribution in [0.2, 0.25) is 0 Å². The van der Waals surface area contributed by atoms with Crippen molar-refractivity contribution in [2.24, 2.45) is 0 Å². The van der Waals surface area contributed by atoms with Crippen molar-refractivity contribution in [2.75, 3.05) is 0 Å². The summed E-state index contributed by atoms with van der Waals surface area (Å²) in [5.74, 6) is -0.0903. The van der Waals surface area contributed by atoms with E-state index < -0.39 is 0 Å². The fourth-order valence-corrected chi connectivity index (χ4v) is 1.72. The van der Waals surface area contributed by atoms with Crippen LogP contribution >= 0.6 is 0 Å². The molecule has 0 spiro atoms. The summed E-state index contributed by atoms with van der Waals surface area (Å²) in [7, 11) is 0. The Hall–Kier alpha value is -0.890. The minimum absolute atomic E-state index is 0.0903. The van der Waals surface area contributed by atoms with Crippen LogP contribution in [0.15, 0.2) is 24.3 Å². The predicted octanol–water partition coefficient (Wildman–Crippen LogP) is 3.03. The summed E-state index contributed by atoms with van der Waals surface area (Å²) in [6, 6.07) is 7.85. The average Bonchev–Trinajstić information content (AvgIpc) is 2.99. The van der Waals surface area contributed by atoms with E-state index in [0.29, 0.717) is 6.04 Å². The standard InChI is InChI=1S/C12H16FN/c1-2-12(14-9-7-8-9)10-5-3-4-6-11(10)13/h3-6,9,12,14H,2,7-8H2,1H3/t12-/m0/s1. The number of benzene rings is 1. The molecule has 1 N–H and O–H groups in total. The second kappa shape index (κ2) is 4.09. The molecule has 0 amide bonds. The molecule has 14 heavy (non-hydrogen) atoms. The van der Waals surface area contributed by atoms with E-state index in [2.05, 4.69) is 12.2 Å². The lowest BCUT2D eigenvalue weighted by Crippen LogP contribution is -2.23. The van der Waals surface area contributed by atoms with Crippen LogP contribution in [0.25, 0.3) is 0 Å². The lowest BCUT2D eigenvalue weighted by atomic mass is 10.0. The molecule has 1 aromatic carbocycles. The molecule has 2 heteroatoms. The lowest BCUT2D eigenvalue weighted by molar-refractivity contribution is 0.486. The second-order valence-electron chi connectivity index (χ2n) is 3.92. The highest BCUT2D eigenvalue weighted by atomic mass is 19.1. The van der Waals surface area contributed by atoms with Gasteiger partial charge >= 0.3 is 0 Å². The molecule has 0 saturated heterocycles. The van der Waals surface area contributed by atoms with Crippen LogP contribution in [0.4, 0.5) is 4.39 Å². The van der Waals surface area contributed by atoms with Gasteiger partial charge < -0.3 is 5.32 Å². The van der Waals surface area contributed by atoms with Crippen LogP contribution in [0, 0.1) is 5.82 Å². The van der Waals surface area contributed by atoms with Gasteiger partial charge in [0.2, 0.25) is 0 Å². The molecule has 0 radical (unpaired) electrons. The van der Waals surface area contributed by atoms with E-state index in [0.717, 1.165) is 12.0 Å². The fraction of sp³-hybridized carbons (Fsp3) is 0.500. The molecule has 1 nitrogen and oxygen atoms in total. The summed E-state index contributed by atoms with van der Waals surface area (Å²) in [5, 5.41) is 3.46. The van der Waals surface area contributed by atoms with Crippen molar-refractivity contribution in [3.63, 3.8) is 0 Å². The maximum absolute atomic E-state index is 13.5. The van der Waals surface area contributed by atoms with Crippen LogP contribution < -0.4 is 5.32 Å². The van der Waals surface area contributed by atoms with Gasteiger partial charge in [0.1, 0.15) is 5.82 Å². The molecule has 0 heterocycles. The average molecular weight is 193 g/mol. The molecule has 0 bridgehead atoms. The SMILES string of the molecule is CC[C@H](NC1CC1)c1ccccc1F. The van der Waals surface area contributed by atoms with Crippen LogP contribution in [-0.2, 0) is 0 Å². The zero-order valence-corrected chi connectivity index (χ0v) is 8.46. The van der Waals surface area contributed by atoms with Gasteiger partial charge in [-0.3, -0.25) is 0 Å². The van der Waals surface area contributed by atoms with Gasteiger partial charge in [-0.1, -0.05) is 25.1 Å². The van der Waals surface area contributed by atoms with Crippen LogP contribution in [0.1, 0.15) is 37.8 Å². The molecule has 1 aliphatic carbocycles. The van der Waals surface area contributed by atoms with Gasteiger partial charge in [-0.05, 0) is 25.3 Å². The first-order chi connectivity index (χ1) is 6.81. The maximum atomic E-state index is 13.5. The highest BCUT2D eigenvalue weighted by Gasteiger charge is 2.25. The van der Waals surface area contributed by atoms with Gasteiger partial charge in [-0.2, -0.15) is 0 Å². The monoisotopic (exact) mass is 193 g/mol. The van der Waals surface area contributed by atoms with Gasteiger partial charge in [-0.15, -0.1) is 0 Å². The van der Waals surface area contributed by atoms with Crippen LogP contribution in [0.3, 0.4) is 0 Å². The number of halogens is 1. The molecular formula is C12H16FN. The Morgan fingerprint density at radius 3 is 2.71 bits per heavy atom. The van der Waals surface area contributed by atoms with E-state index in [4.69, 9.17) is 0 Å². The Morgan fingerprint density at radius 2 is 2.14 bits per heavy atom. The number of rotatable bonds is 4. The fourth-order valence-electron chi connectivity index (χ4n) is 1.72. The van der Waals surface area contributed by atoms with E-state index >= 15 is 0 Å². The number of hydrogen-bond acceptors (Lipinski definition) is 1. The largest absolute Gasteiger partial charge is 0.307 e. The van der Waals surface area contributed by atoms with Crippen molar-refractivity contribution in [2.45, 2.75) is 38.3 Å². The predicted molar refractivity (Wildman–Crippen MR) is 55.6 cm³/mol. The summed E-state index contributed by atoms with van der Waals surface area (Å²) >= 11 is 0. The van der Waals surface area contributed by atoms with Gasteiger partial charge in [0, 0.05) is 17.6 Å². The molecular weight excluding hydrogens is 177 g/mol. The first-order valence-corrected chi connectivity index (χ1v) is 5.31. The summed E-state index contributed by atoms with van der Waals surface area (Å²) in [4.78, 5) is 0. The highest BCUT2D eigenvalue weighted by molar-refractivity contribution is 5.21. The Balaban J connectivity index is 2.12. The summed E-state index contributed by atoms with van der Waals surface area (Å²) in [6.07, 6.45) is 3.42. The van der Waals surface area contributed by atoms with Crippen molar-refractivity contribution in [3.8, 4) is 0 Å². The van der Waals surface area contributed by atoms with Gasteiger partial charge in [-0.25, -0.2) is 4.39 Å². The van der Waals surface area contributed by atoms with E-state index in [1.165, 1.54) is 18.9 Å². The molecule has 2 rings (SSSR count). The van der Waals surface area contributed by atoms with Gasteiger partial charge in [0.25, 0.3) is 0 Å². The smallest absolute Gasteiger partial charge is 0.127 e. The Kier molecular flexibility index (Phi) is 2.82. The first kappa shape index (κ1) is 9.66. The Labute approximate surface area is 84.3 Å². The minimum atomic E-state index is -0.0903. The normalized spacial score (nSPS) is 18.1. The second-order valence-corrected chi connectivity index (χ2v) is 3.92. The molecule has 0 aromatic heterocycles.